The molecule has 0 bridgehead atoms. The van der Waals surface area contributed by atoms with Crippen LogP contribution in [0.25, 0.3) is 0 Å². The molecule has 0 aliphatic rings. The van der Waals surface area contributed by atoms with E-state index in [-0.39, 0.29) is 0 Å². The lowest BCUT2D eigenvalue weighted by atomic mass is 10.1. The van der Waals surface area contributed by atoms with Gasteiger partial charge >= 0.3 is 0 Å². The van der Waals surface area contributed by atoms with Crippen molar-refractivity contribution in [2.45, 2.75) is 66.1 Å². The van der Waals surface area contributed by atoms with E-state index >= 15 is 0 Å². The summed E-state index contributed by atoms with van der Waals surface area (Å²) in [5.41, 5.74) is 1.51. The van der Waals surface area contributed by atoms with Gasteiger partial charge in [-0.25, -0.2) is 0 Å². The Hall–Kier alpha value is -0.380. The van der Waals surface area contributed by atoms with Crippen molar-refractivity contribution >= 4 is 11.3 Å². The Morgan fingerprint density at radius 2 is 1.95 bits per heavy atom. The van der Waals surface area contributed by atoms with Gasteiger partial charge in [-0.1, -0.05) is 20.8 Å². The molecule has 0 spiro atoms. The van der Waals surface area contributed by atoms with E-state index in [4.69, 9.17) is 0 Å². The summed E-state index contributed by atoms with van der Waals surface area (Å²) in [6, 6.07) is 3.10. The summed E-state index contributed by atoms with van der Waals surface area (Å²) in [5, 5.41) is 3.49. The number of nitrogens with zero attached hydrogens (tertiary/aromatic N) is 1. The molecule has 1 aromatic heterocycles. The molecule has 1 rings (SSSR count). The molecule has 0 aromatic carbocycles. The first-order valence-corrected chi connectivity index (χ1v) is 8.43. The Morgan fingerprint density at radius 3 is 2.53 bits per heavy atom. The van der Waals surface area contributed by atoms with Crippen LogP contribution in [0, 0.1) is 6.92 Å². The fourth-order valence-corrected chi connectivity index (χ4v) is 3.55. The lowest BCUT2D eigenvalue weighted by molar-refractivity contribution is 0.221. The summed E-state index contributed by atoms with van der Waals surface area (Å²) in [5.74, 6) is 0. The molecule has 0 atom stereocenters. The minimum atomic E-state index is 0.709. The second kappa shape index (κ2) is 8.72. The number of rotatable bonds is 9. The smallest absolute Gasteiger partial charge is 0.0299 e. The summed E-state index contributed by atoms with van der Waals surface area (Å²) in [6.07, 6.45) is 3.68. The van der Waals surface area contributed by atoms with E-state index in [2.05, 4.69) is 51.0 Å². The maximum atomic E-state index is 3.49. The van der Waals surface area contributed by atoms with Crippen molar-refractivity contribution in [3.8, 4) is 0 Å². The highest BCUT2D eigenvalue weighted by molar-refractivity contribution is 7.12. The Bertz CT molecular complexity index is 356. The van der Waals surface area contributed by atoms with Crippen molar-refractivity contribution in [2.75, 3.05) is 13.6 Å². The largest absolute Gasteiger partial charge is 0.312 e. The normalized spacial score (nSPS) is 11.7. The first kappa shape index (κ1) is 16.7. The zero-order valence-electron chi connectivity index (χ0n) is 13.3. The van der Waals surface area contributed by atoms with Gasteiger partial charge in [-0.3, -0.25) is 4.90 Å². The fraction of sp³-hybridized carbons (Fsp3) is 0.750. The molecule has 0 radical (unpaired) electrons. The average molecular weight is 282 g/mol. The quantitative estimate of drug-likeness (QED) is 0.684. The summed E-state index contributed by atoms with van der Waals surface area (Å²) in [6.45, 7) is 12.2. The lowest BCUT2D eigenvalue weighted by Crippen LogP contribution is -2.30. The lowest BCUT2D eigenvalue weighted by Gasteiger charge is -2.25. The number of hydrogen-bond acceptors (Lipinski definition) is 3. The van der Waals surface area contributed by atoms with Gasteiger partial charge in [0.15, 0.2) is 0 Å². The van der Waals surface area contributed by atoms with Gasteiger partial charge in [0.05, 0.1) is 0 Å². The summed E-state index contributed by atoms with van der Waals surface area (Å²) >= 11 is 1.94. The van der Waals surface area contributed by atoms with Crippen LogP contribution in [-0.2, 0) is 13.1 Å². The second-order valence-electron chi connectivity index (χ2n) is 5.36. The maximum absolute atomic E-state index is 3.49. The van der Waals surface area contributed by atoms with E-state index in [0.29, 0.717) is 6.04 Å². The van der Waals surface area contributed by atoms with Gasteiger partial charge in [0.1, 0.15) is 0 Å². The predicted molar refractivity (Wildman–Crippen MR) is 86.9 cm³/mol. The minimum Gasteiger partial charge on any atom is -0.312 e. The van der Waals surface area contributed by atoms with Crippen LogP contribution in [0.15, 0.2) is 6.07 Å². The molecule has 0 fully saturated rings. The van der Waals surface area contributed by atoms with Crippen molar-refractivity contribution in [2.24, 2.45) is 0 Å². The summed E-state index contributed by atoms with van der Waals surface area (Å²) < 4.78 is 0. The molecule has 0 saturated carbocycles. The minimum absolute atomic E-state index is 0.709. The van der Waals surface area contributed by atoms with Gasteiger partial charge in [-0.05, 0) is 51.4 Å². The van der Waals surface area contributed by atoms with Gasteiger partial charge in [-0.15, -0.1) is 11.3 Å². The molecule has 19 heavy (non-hydrogen) atoms. The molecule has 1 N–H and O–H groups in total. The first-order chi connectivity index (χ1) is 9.12. The van der Waals surface area contributed by atoms with E-state index in [1.54, 1.807) is 0 Å². The van der Waals surface area contributed by atoms with Crippen LogP contribution in [-0.4, -0.2) is 24.5 Å². The highest BCUT2D eigenvalue weighted by Crippen LogP contribution is 2.23. The number of aryl methyl sites for hydroxylation is 1. The molecule has 0 unspecified atom stereocenters. The Labute approximate surface area is 123 Å². The zero-order valence-corrected chi connectivity index (χ0v) is 14.1. The van der Waals surface area contributed by atoms with Crippen molar-refractivity contribution < 1.29 is 0 Å². The molecule has 3 heteroatoms. The number of hydrogen-bond donors (Lipinski definition) is 1. The fourth-order valence-electron chi connectivity index (χ4n) is 2.53. The van der Waals surface area contributed by atoms with Crippen molar-refractivity contribution in [3.63, 3.8) is 0 Å². The summed E-state index contributed by atoms with van der Waals surface area (Å²) in [7, 11) is 2.25. The van der Waals surface area contributed by atoms with Gasteiger partial charge in [-0.2, -0.15) is 0 Å². The molecular weight excluding hydrogens is 252 g/mol. The SMILES string of the molecule is CCCNCc1cc(CN(C)C(CC)CC)c(C)s1. The Morgan fingerprint density at radius 1 is 1.26 bits per heavy atom. The Balaban J connectivity index is 2.58. The van der Waals surface area contributed by atoms with Crippen LogP contribution in [0.2, 0.25) is 0 Å². The molecular formula is C16H30N2S. The van der Waals surface area contributed by atoms with Crippen LogP contribution < -0.4 is 5.32 Å². The third-order valence-electron chi connectivity index (χ3n) is 3.78. The first-order valence-electron chi connectivity index (χ1n) is 7.61. The average Bonchev–Trinajstić information content (AvgIpc) is 2.72. The molecule has 1 aromatic rings. The van der Waals surface area contributed by atoms with Crippen LogP contribution in [0.5, 0.6) is 0 Å². The Kier molecular flexibility index (Phi) is 7.66. The van der Waals surface area contributed by atoms with E-state index in [1.165, 1.54) is 34.6 Å². The van der Waals surface area contributed by atoms with E-state index in [1.807, 2.05) is 11.3 Å². The predicted octanol–water partition coefficient (Wildman–Crippen LogP) is 4.18. The topological polar surface area (TPSA) is 15.3 Å². The van der Waals surface area contributed by atoms with Gasteiger partial charge in [0.2, 0.25) is 0 Å². The summed E-state index contributed by atoms with van der Waals surface area (Å²) in [4.78, 5) is 5.45. The maximum Gasteiger partial charge on any atom is 0.0299 e. The number of thiophene rings is 1. The van der Waals surface area contributed by atoms with Crippen LogP contribution >= 0.6 is 11.3 Å². The van der Waals surface area contributed by atoms with Crippen LogP contribution in [0.1, 0.15) is 55.4 Å². The standard InChI is InChI=1S/C16H30N2S/c1-6-9-17-11-16-10-14(13(4)19-16)12-18(5)15(7-2)8-3/h10,15,17H,6-9,11-12H2,1-5H3. The van der Waals surface area contributed by atoms with Gasteiger partial charge in [0, 0.05) is 28.9 Å². The second-order valence-corrected chi connectivity index (χ2v) is 6.70. The highest BCUT2D eigenvalue weighted by Gasteiger charge is 2.13. The molecule has 0 aliphatic heterocycles. The van der Waals surface area contributed by atoms with Crippen molar-refractivity contribution in [3.05, 3.63) is 21.4 Å². The van der Waals surface area contributed by atoms with Crippen LogP contribution in [0.3, 0.4) is 0 Å². The third kappa shape index (κ3) is 5.25. The van der Waals surface area contributed by atoms with Crippen LogP contribution in [0.4, 0.5) is 0 Å². The monoisotopic (exact) mass is 282 g/mol. The van der Waals surface area contributed by atoms with E-state index in [0.717, 1.165) is 19.6 Å². The van der Waals surface area contributed by atoms with Gasteiger partial charge in [0.25, 0.3) is 0 Å². The molecule has 110 valence electrons. The molecule has 0 aliphatic carbocycles. The molecule has 1 heterocycles. The van der Waals surface area contributed by atoms with Crippen molar-refractivity contribution in [1.29, 1.82) is 0 Å². The molecule has 0 amide bonds. The van der Waals surface area contributed by atoms with Crippen molar-refractivity contribution in [1.82, 2.24) is 10.2 Å². The molecule has 2 nitrogen and oxygen atoms in total. The van der Waals surface area contributed by atoms with E-state index in [9.17, 15) is 0 Å². The highest BCUT2D eigenvalue weighted by atomic mass is 32.1. The zero-order chi connectivity index (χ0) is 14.3. The number of nitrogens with one attached hydrogen (secondary N) is 1. The molecule has 0 saturated heterocycles. The third-order valence-corrected chi connectivity index (χ3v) is 4.88. The van der Waals surface area contributed by atoms with E-state index < -0.39 is 0 Å². The van der Waals surface area contributed by atoms with Gasteiger partial charge < -0.3 is 5.32 Å².